The lowest BCUT2D eigenvalue weighted by molar-refractivity contribution is 0.638. The molecule has 0 saturated heterocycles. The third-order valence-electron chi connectivity index (χ3n) is 2.95. The number of aromatic nitrogens is 2. The normalized spacial score (nSPS) is 11.5. The second-order valence-corrected chi connectivity index (χ2v) is 4.23. The van der Waals surface area contributed by atoms with Crippen LogP contribution in [0.5, 0.6) is 0 Å². The number of hydrogen-bond acceptors (Lipinski definition) is 2. The Bertz CT molecular complexity index is 530. The van der Waals surface area contributed by atoms with E-state index in [9.17, 15) is 0 Å². The van der Waals surface area contributed by atoms with Gasteiger partial charge in [-0.05, 0) is 12.0 Å². The van der Waals surface area contributed by atoms with Crippen LogP contribution in [0, 0.1) is 0 Å². The van der Waals surface area contributed by atoms with Gasteiger partial charge in [-0.25, -0.2) is 4.98 Å². The van der Waals surface area contributed by atoms with E-state index in [0.717, 1.165) is 18.8 Å². The molecule has 5 nitrogen and oxygen atoms in total. The molecule has 0 unspecified atom stereocenters. The third-order valence-corrected chi connectivity index (χ3v) is 2.95. The summed E-state index contributed by atoms with van der Waals surface area (Å²) in [7, 11) is 1.66. The van der Waals surface area contributed by atoms with Gasteiger partial charge in [0.1, 0.15) is 5.82 Å². The molecule has 19 heavy (non-hydrogen) atoms. The first-order valence-corrected chi connectivity index (χ1v) is 6.29. The summed E-state index contributed by atoms with van der Waals surface area (Å²) < 4.78 is 2.13. The molecule has 0 aliphatic rings. The molecule has 0 saturated carbocycles. The van der Waals surface area contributed by atoms with Gasteiger partial charge in [0.25, 0.3) is 0 Å². The Morgan fingerprint density at radius 3 is 2.89 bits per heavy atom. The number of nitrogens with zero attached hydrogens (tertiary/aromatic N) is 3. The average molecular weight is 257 g/mol. The molecule has 3 N–H and O–H groups in total. The molecule has 0 aliphatic heterocycles. The Labute approximate surface area is 113 Å². The van der Waals surface area contributed by atoms with E-state index in [4.69, 9.17) is 5.73 Å². The monoisotopic (exact) mass is 257 g/mol. The highest BCUT2D eigenvalue weighted by molar-refractivity contribution is 5.77. The van der Waals surface area contributed by atoms with Gasteiger partial charge in [0, 0.05) is 26.0 Å². The van der Waals surface area contributed by atoms with Gasteiger partial charge >= 0.3 is 0 Å². The molecule has 0 fully saturated rings. The first kappa shape index (κ1) is 13.1. The summed E-state index contributed by atoms with van der Waals surface area (Å²) in [5.41, 5.74) is 6.93. The molecule has 1 heterocycles. The molecule has 100 valence electrons. The van der Waals surface area contributed by atoms with Crippen LogP contribution in [0.25, 0.3) is 0 Å². The number of benzene rings is 1. The van der Waals surface area contributed by atoms with Crippen LogP contribution in [0.1, 0.15) is 11.4 Å². The van der Waals surface area contributed by atoms with Crippen molar-refractivity contribution in [2.45, 2.75) is 19.5 Å². The number of nitrogens with one attached hydrogen (secondary N) is 1. The van der Waals surface area contributed by atoms with Crippen molar-refractivity contribution in [2.24, 2.45) is 10.7 Å². The molecule has 2 aromatic rings. The second kappa shape index (κ2) is 6.58. The molecular weight excluding hydrogens is 238 g/mol. The highest BCUT2D eigenvalue weighted by Crippen LogP contribution is 2.04. The molecule has 1 aromatic carbocycles. The van der Waals surface area contributed by atoms with Gasteiger partial charge in [-0.2, -0.15) is 0 Å². The summed E-state index contributed by atoms with van der Waals surface area (Å²) in [5.74, 6) is 1.39. The fourth-order valence-electron chi connectivity index (χ4n) is 1.85. The van der Waals surface area contributed by atoms with Crippen LogP contribution in [0.2, 0.25) is 0 Å². The number of nitrogens with two attached hydrogens (primary N) is 1. The van der Waals surface area contributed by atoms with Crippen LogP contribution in [-0.2, 0) is 19.5 Å². The van der Waals surface area contributed by atoms with Gasteiger partial charge in [0.05, 0.1) is 6.54 Å². The lowest BCUT2D eigenvalue weighted by atomic mass is 10.1. The van der Waals surface area contributed by atoms with Crippen molar-refractivity contribution < 1.29 is 0 Å². The predicted octanol–water partition coefficient (Wildman–Crippen LogP) is 1.16. The van der Waals surface area contributed by atoms with Gasteiger partial charge < -0.3 is 15.6 Å². The van der Waals surface area contributed by atoms with Gasteiger partial charge in [0.15, 0.2) is 5.96 Å². The SMILES string of the molecule is CN=C(N)NCc1nccn1CCc1ccccc1. The summed E-state index contributed by atoms with van der Waals surface area (Å²) in [6.45, 7) is 1.50. The van der Waals surface area contributed by atoms with Crippen molar-refractivity contribution >= 4 is 5.96 Å². The highest BCUT2D eigenvalue weighted by Gasteiger charge is 2.03. The van der Waals surface area contributed by atoms with Crippen LogP contribution in [0.4, 0.5) is 0 Å². The van der Waals surface area contributed by atoms with Gasteiger partial charge in [-0.1, -0.05) is 30.3 Å². The fourth-order valence-corrected chi connectivity index (χ4v) is 1.85. The molecular formula is C14H19N5. The molecule has 0 aliphatic carbocycles. The molecule has 0 bridgehead atoms. The van der Waals surface area contributed by atoms with Crippen LogP contribution >= 0.6 is 0 Å². The zero-order valence-corrected chi connectivity index (χ0v) is 11.1. The van der Waals surface area contributed by atoms with Crippen molar-refractivity contribution in [3.8, 4) is 0 Å². The minimum absolute atomic E-state index is 0.428. The first-order chi connectivity index (χ1) is 9.29. The number of imidazole rings is 1. The topological polar surface area (TPSA) is 68.2 Å². The third kappa shape index (κ3) is 3.84. The lowest BCUT2D eigenvalue weighted by Crippen LogP contribution is -2.31. The number of guanidine groups is 1. The van der Waals surface area contributed by atoms with E-state index in [1.54, 1.807) is 13.2 Å². The smallest absolute Gasteiger partial charge is 0.188 e. The van der Waals surface area contributed by atoms with Crippen LogP contribution < -0.4 is 11.1 Å². The maximum Gasteiger partial charge on any atom is 0.188 e. The van der Waals surface area contributed by atoms with Gasteiger partial charge in [0.2, 0.25) is 0 Å². The summed E-state index contributed by atoms with van der Waals surface area (Å²) in [5, 5.41) is 3.02. The first-order valence-electron chi connectivity index (χ1n) is 6.29. The molecule has 1 aromatic heterocycles. The molecule has 2 rings (SSSR count). The average Bonchev–Trinajstić information content (AvgIpc) is 2.91. The van der Waals surface area contributed by atoms with Crippen LogP contribution in [0.15, 0.2) is 47.7 Å². The van der Waals surface area contributed by atoms with E-state index in [1.807, 2.05) is 12.3 Å². The quantitative estimate of drug-likeness (QED) is 0.624. The Morgan fingerprint density at radius 2 is 2.16 bits per heavy atom. The summed E-state index contributed by atoms with van der Waals surface area (Å²) in [6.07, 6.45) is 4.78. The van der Waals surface area contributed by atoms with Crippen molar-refractivity contribution in [3.63, 3.8) is 0 Å². The Hall–Kier alpha value is -2.30. The fraction of sp³-hybridized carbons (Fsp3) is 0.286. The highest BCUT2D eigenvalue weighted by atomic mass is 15.1. The van der Waals surface area contributed by atoms with Crippen molar-refractivity contribution in [2.75, 3.05) is 7.05 Å². The molecule has 0 spiro atoms. The van der Waals surface area contributed by atoms with Crippen LogP contribution in [-0.4, -0.2) is 22.6 Å². The number of rotatable bonds is 5. The number of aliphatic imine (C=N–C) groups is 1. The Morgan fingerprint density at radius 1 is 1.37 bits per heavy atom. The maximum atomic E-state index is 5.61. The standard InChI is InChI=1S/C14H19N5/c1-16-14(15)18-11-13-17-8-10-19(13)9-7-12-5-3-2-4-6-12/h2-6,8,10H,7,9,11H2,1H3,(H3,15,16,18). The Kier molecular flexibility index (Phi) is 4.55. The van der Waals surface area contributed by atoms with E-state index in [1.165, 1.54) is 5.56 Å². The largest absolute Gasteiger partial charge is 0.370 e. The second-order valence-electron chi connectivity index (χ2n) is 4.23. The molecule has 0 atom stereocenters. The predicted molar refractivity (Wildman–Crippen MR) is 76.8 cm³/mol. The molecule has 0 amide bonds. The van der Waals surface area contributed by atoms with Gasteiger partial charge in [-0.3, -0.25) is 4.99 Å². The van der Waals surface area contributed by atoms with Gasteiger partial charge in [-0.15, -0.1) is 0 Å². The van der Waals surface area contributed by atoms with E-state index >= 15 is 0 Å². The minimum atomic E-state index is 0.428. The zero-order valence-electron chi connectivity index (χ0n) is 11.1. The van der Waals surface area contributed by atoms with E-state index in [2.05, 4.69) is 44.1 Å². The number of hydrogen-bond donors (Lipinski definition) is 2. The summed E-state index contributed by atoms with van der Waals surface area (Å²) >= 11 is 0. The van der Waals surface area contributed by atoms with Crippen molar-refractivity contribution in [3.05, 3.63) is 54.1 Å². The van der Waals surface area contributed by atoms with E-state index in [0.29, 0.717) is 12.5 Å². The van der Waals surface area contributed by atoms with E-state index < -0.39 is 0 Å². The minimum Gasteiger partial charge on any atom is -0.370 e. The summed E-state index contributed by atoms with van der Waals surface area (Å²) in [6, 6.07) is 10.4. The van der Waals surface area contributed by atoms with Crippen LogP contribution in [0.3, 0.4) is 0 Å². The lowest BCUT2D eigenvalue weighted by Gasteiger charge is -2.09. The molecule has 5 heteroatoms. The summed E-state index contributed by atoms with van der Waals surface area (Å²) in [4.78, 5) is 8.18. The molecule has 0 radical (unpaired) electrons. The Balaban J connectivity index is 1.92. The maximum absolute atomic E-state index is 5.61. The van der Waals surface area contributed by atoms with E-state index in [-0.39, 0.29) is 0 Å². The van der Waals surface area contributed by atoms with Crippen molar-refractivity contribution in [1.29, 1.82) is 0 Å². The number of aryl methyl sites for hydroxylation is 2. The zero-order chi connectivity index (χ0) is 13.5. The van der Waals surface area contributed by atoms with Crippen molar-refractivity contribution in [1.82, 2.24) is 14.9 Å².